The molecule has 1 aromatic rings. The highest BCUT2D eigenvalue weighted by Gasteiger charge is 2.46. The molecule has 2 saturated heterocycles. The molecule has 6 N–H and O–H groups in total. The molecule has 0 aromatic carbocycles. The van der Waals surface area contributed by atoms with Gasteiger partial charge in [0.1, 0.15) is 30.7 Å². The molecule has 0 spiro atoms. The van der Waals surface area contributed by atoms with Crippen LogP contribution in [-0.4, -0.2) is 97.9 Å². The van der Waals surface area contributed by atoms with E-state index in [1.807, 2.05) is 12.2 Å². The SMILES string of the molecule is CCCCC/C=C\C/C=C\CC1OC1C/C=C\CCCC(=O)O[C@H](COC(=O)CCCCCCCCC/C=C\CCCCCC)COP(=O)(O)OP(=O)(O)OC[C@H]1O[C@@H](n2ccc(N)nc2=O)[C@H](O)[C@@H]1O. The van der Waals surface area contributed by atoms with Crippen LogP contribution in [0.1, 0.15) is 174 Å². The molecule has 0 radical (unpaired) electrons. The number of hydrogen-bond donors (Lipinski definition) is 5. The fraction of sp³-hybridized carbons (Fsp3) is 0.720. The van der Waals surface area contributed by atoms with Gasteiger partial charge in [0.2, 0.25) is 0 Å². The Morgan fingerprint density at radius 3 is 1.90 bits per heavy atom. The Labute approximate surface area is 420 Å². The van der Waals surface area contributed by atoms with Gasteiger partial charge in [-0.25, -0.2) is 13.9 Å². The van der Waals surface area contributed by atoms with Gasteiger partial charge in [0.25, 0.3) is 0 Å². The van der Waals surface area contributed by atoms with E-state index in [1.54, 1.807) is 0 Å². The standard InChI is InChI=1S/C50H83N3O16P2/c1-3-5-7-9-11-13-14-15-16-17-18-20-22-24-29-33-45(54)63-37-40(66-46(55)34-30-26-25-28-32-42-41(67-42)31-27-23-21-19-12-10-8-6-4-2)38-64-70(59,60)69-71(61,62)65-39-43-47(56)48(57)49(68-43)53-36-35-44(51)52-50(53)58/h12-14,19,23,25,27-28,35-36,40-43,47-49,56-57H,3-11,15-18,20-22,24,26,29-34,37-39H2,1-2H3,(H,59,60)(H,61,62)(H2,51,52,58)/b14-13-,19-12-,27-23-,28-25-/t40-,41?,42?,43-,47-,48-,49-/m1/s1. The van der Waals surface area contributed by atoms with Crippen molar-refractivity contribution in [3.63, 3.8) is 0 Å². The fourth-order valence-corrected chi connectivity index (χ4v) is 9.75. The summed E-state index contributed by atoms with van der Waals surface area (Å²) in [6.07, 6.45) is 33.6. The first-order valence-corrected chi connectivity index (χ1v) is 28.8. The van der Waals surface area contributed by atoms with Gasteiger partial charge < -0.3 is 44.7 Å². The summed E-state index contributed by atoms with van der Waals surface area (Å²) < 4.78 is 62.5. The maximum atomic E-state index is 12.9. The second-order valence-corrected chi connectivity index (χ2v) is 21.1. The number of phosphoric ester groups is 2. The number of unbranched alkanes of at least 4 members (excludes halogenated alkanes) is 15. The van der Waals surface area contributed by atoms with E-state index in [-0.39, 0.29) is 30.9 Å². The zero-order valence-electron chi connectivity index (χ0n) is 42.0. The topological polar surface area (TPSA) is 278 Å². The molecule has 71 heavy (non-hydrogen) atoms. The number of ether oxygens (including phenoxy) is 4. The number of aliphatic hydroxyl groups is 2. The normalized spacial score (nSPS) is 22.4. The van der Waals surface area contributed by atoms with Crippen LogP contribution >= 0.6 is 15.6 Å². The van der Waals surface area contributed by atoms with Crippen LogP contribution < -0.4 is 11.4 Å². The third kappa shape index (κ3) is 28.1. The van der Waals surface area contributed by atoms with E-state index in [2.05, 4.69) is 59.6 Å². The zero-order chi connectivity index (χ0) is 51.7. The molecule has 4 unspecified atom stereocenters. The molecule has 2 aliphatic heterocycles. The van der Waals surface area contributed by atoms with E-state index in [9.17, 15) is 43.5 Å². The van der Waals surface area contributed by atoms with Gasteiger partial charge >= 0.3 is 33.3 Å². The van der Waals surface area contributed by atoms with Crippen molar-refractivity contribution < 1.29 is 71.0 Å². The van der Waals surface area contributed by atoms with Crippen LogP contribution in [0, 0.1) is 0 Å². The van der Waals surface area contributed by atoms with Crippen molar-refractivity contribution in [1.82, 2.24) is 9.55 Å². The molecule has 2 fully saturated rings. The number of rotatable bonds is 41. The number of epoxide rings is 1. The van der Waals surface area contributed by atoms with Crippen molar-refractivity contribution in [3.8, 4) is 0 Å². The number of nitrogens with zero attached hydrogens (tertiary/aromatic N) is 2. The van der Waals surface area contributed by atoms with Crippen LogP contribution in [0.5, 0.6) is 0 Å². The monoisotopic (exact) mass is 1040 g/mol. The number of carbonyl (C=O) groups excluding carboxylic acids is 2. The van der Waals surface area contributed by atoms with Gasteiger partial charge in [-0.05, 0) is 83.1 Å². The van der Waals surface area contributed by atoms with Crippen molar-refractivity contribution >= 4 is 33.4 Å². The number of aliphatic hydroxyl groups excluding tert-OH is 2. The largest absolute Gasteiger partial charge is 0.481 e. The van der Waals surface area contributed by atoms with Gasteiger partial charge in [0, 0.05) is 19.0 Å². The highest BCUT2D eigenvalue weighted by Crippen LogP contribution is 2.60. The minimum atomic E-state index is -5.44. The van der Waals surface area contributed by atoms with Crippen LogP contribution in [0.15, 0.2) is 65.7 Å². The van der Waals surface area contributed by atoms with Crippen molar-refractivity contribution in [1.29, 1.82) is 0 Å². The lowest BCUT2D eigenvalue weighted by Gasteiger charge is -2.21. The summed E-state index contributed by atoms with van der Waals surface area (Å²) in [6, 6.07) is 1.24. The van der Waals surface area contributed by atoms with E-state index in [1.165, 1.54) is 51.0 Å². The summed E-state index contributed by atoms with van der Waals surface area (Å²) in [5, 5.41) is 20.9. The lowest BCUT2D eigenvalue weighted by atomic mass is 10.1. The number of allylic oxidation sites excluding steroid dienone is 6. The van der Waals surface area contributed by atoms with Gasteiger partial charge in [-0.1, -0.05) is 127 Å². The Hall–Kier alpha value is -3.32. The number of nitrogens with two attached hydrogens (primary N) is 1. The molecule has 21 heteroatoms. The molecule has 9 atom stereocenters. The number of aromatic nitrogens is 2. The Morgan fingerprint density at radius 2 is 1.23 bits per heavy atom. The minimum absolute atomic E-state index is 0.0356. The first-order valence-electron chi connectivity index (χ1n) is 25.8. The highest BCUT2D eigenvalue weighted by molar-refractivity contribution is 7.61. The van der Waals surface area contributed by atoms with E-state index in [4.69, 9.17) is 33.7 Å². The molecule has 404 valence electrons. The molecule has 19 nitrogen and oxygen atoms in total. The minimum Gasteiger partial charge on any atom is -0.462 e. The van der Waals surface area contributed by atoms with E-state index >= 15 is 0 Å². The number of nitrogen functional groups attached to an aromatic ring is 1. The van der Waals surface area contributed by atoms with Crippen molar-refractivity contribution in [2.75, 3.05) is 25.6 Å². The molecule has 0 saturated carbocycles. The number of carbonyl (C=O) groups is 2. The maximum absolute atomic E-state index is 12.9. The second kappa shape index (κ2) is 35.8. The van der Waals surface area contributed by atoms with Gasteiger partial charge in [-0.15, -0.1) is 0 Å². The van der Waals surface area contributed by atoms with Crippen molar-refractivity contribution in [2.24, 2.45) is 0 Å². The van der Waals surface area contributed by atoms with Gasteiger partial charge in [0.15, 0.2) is 12.3 Å². The van der Waals surface area contributed by atoms with Crippen molar-refractivity contribution in [2.45, 2.75) is 211 Å². The Balaban J connectivity index is 1.42. The Kier molecular flexibility index (Phi) is 31.2. The molecule has 0 amide bonds. The van der Waals surface area contributed by atoms with Gasteiger partial charge in [-0.2, -0.15) is 9.29 Å². The number of phosphoric acid groups is 2. The van der Waals surface area contributed by atoms with Crippen LogP contribution in [0.2, 0.25) is 0 Å². The second-order valence-electron chi connectivity index (χ2n) is 18.1. The average molecular weight is 1040 g/mol. The Bertz CT molecular complexity index is 1950. The molecule has 3 heterocycles. The number of esters is 2. The molecule has 1 aromatic heterocycles. The molecular weight excluding hydrogens is 961 g/mol. The Morgan fingerprint density at radius 1 is 0.690 bits per heavy atom. The maximum Gasteiger partial charge on any atom is 0.481 e. The zero-order valence-corrected chi connectivity index (χ0v) is 43.7. The van der Waals surface area contributed by atoms with Crippen molar-refractivity contribution in [3.05, 3.63) is 71.4 Å². The average Bonchev–Trinajstić information content (AvgIpc) is 4.02. The summed E-state index contributed by atoms with van der Waals surface area (Å²) in [5.74, 6) is -1.38. The molecule has 0 aliphatic carbocycles. The third-order valence-electron chi connectivity index (χ3n) is 11.8. The van der Waals surface area contributed by atoms with E-state index in [0.29, 0.717) is 19.3 Å². The third-order valence-corrected chi connectivity index (χ3v) is 14.4. The van der Waals surface area contributed by atoms with Crippen LogP contribution in [-0.2, 0) is 51.0 Å². The van der Waals surface area contributed by atoms with Gasteiger partial charge in [0.05, 0.1) is 25.4 Å². The summed E-state index contributed by atoms with van der Waals surface area (Å²) in [4.78, 5) is 62.0. The molecular formula is C50H83N3O16P2. The lowest BCUT2D eigenvalue weighted by molar-refractivity contribution is -0.161. The van der Waals surface area contributed by atoms with Gasteiger partial charge in [-0.3, -0.25) is 23.2 Å². The molecule has 0 bridgehead atoms. The van der Waals surface area contributed by atoms with Crippen LogP contribution in [0.4, 0.5) is 5.82 Å². The summed E-state index contributed by atoms with van der Waals surface area (Å²) in [7, 11) is -10.9. The molecule has 3 rings (SSSR count). The van der Waals surface area contributed by atoms with Crippen LogP contribution in [0.3, 0.4) is 0 Å². The quantitative estimate of drug-likeness (QED) is 0.0134. The highest BCUT2D eigenvalue weighted by atomic mass is 31.3. The summed E-state index contributed by atoms with van der Waals surface area (Å²) >= 11 is 0. The first-order chi connectivity index (χ1) is 34.1. The predicted molar refractivity (Wildman–Crippen MR) is 270 cm³/mol. The van der Waals surface area contributed by atoms with E-state index < -0.39 is 83.7 Å². The number of anilines is 1. The summed E-state index contributed by atoms with van der Waals surface area (Å²) in [5.41, 5.74) is 4.58. The smallest absolute Gasteiger partial charge is 0.462 e. The first kappa shape index (κ1) is 62.0. The fourth-order valence-electron chi connectivity index (χ4n) is 7.64. The summed E-state index contributed by atoms with van der Waals surface area (Å²) in [6.45, 7) is 2.05. The van der Waals surface area contributed by atoms with Crippen LogP contribution in [0.25, 0.3) is 0 Å². The lowest BCUT2D eigenvalue weighted by Crippen LogP contribution is -2.36. The number of hydrogen-bond acceptors (Lipinski definition) is 16. The predicted octanol–water partition coefficient (Wildman–Crippen LogP) is 9.54. The molecule has 2 aliphatic rings. The van der Waals surface area contributed by atoms with E-state index in [0.717, 1.165) is 87.8 Å².